The highest BCUT2D eigenvalue weighted by atomic mass is 16.6. The van der Waals surface area contributed by atoms with Crippen LogP contribution in [0.2, 0.25) is 0 Å². The maximum atomic E-state index is 12.6. The van der Waals surface area contributed by atoms with Crippen LogP contribution in [0.25, 0.3) is 0 Å². The van der Waals surface area contributed by atoms with Crippen LogP contribution in [-0.4, -0.2) is 37.7 Å². The maximum absolute atomic E-state index is 12.6. The molecule has 3 amide bonds. The number of carbonyl (C=O) groups excluding carboxylic acids is 2. The van der Waals surface area contributed by atoms with Crippen molar-refractivity contribution in [1.29, 1.82) is 0 Å². The van der Waals surface area contributed by atoms with Crippen LogP contribution in [0.4, 0.5) is 4.79 Å². The zero-order valence-corrected chi connectivity index (χ0v) is 15.1. The minimum absolute atomic E-state index is 0.247. The van der Waals surface area contributed by atoms with Crippen molar-refractivity contribution in [3.63, 3.8) is 0 Å². The lowest BCUT2D eigenvalue weighted by atomic mass is 10.1. The van der Waals surface area contributed by atoms with Gasteiger partial charge in [0.05, 0.1) is 0 Å². The Kier molecular flexibility index (Phi) is 6.27. The molecule has 0 saturated heterocycles. The number of ether oxygens (including phenoxy) is 2. The molecule has 3 rings (SSSR count). The highest BCUT2D eigenvalue weighted by Gasteiger charge is 2.26. The van der Waals surface area contributed by atoms with E-state index >= 15 is 0 Å². The van der Waals surface area contributed by atoms with Crippen LogP contribution in [0.5, 0.6) is 11.5 Å². The molecule has 1 heterocycles. The number of hydrogen-bond acceptors (Lipinski definition) is 5. The van der Waals surface area contributed by atoms with E-state index in [0.29, 0.717) is 31.2 Å². The van der Waals surface area contributed by atoms with Crippen LogP contribution in [0.15, 0.2) is 54.6 Å². The predicted octanol–water partition coefficient (Wildman–Crippen LogP) is 2.00. The number of amides is 3. The highest BCUT2D eigenvalue weighted by Crippen LogP contribution is 2.30. The van der Waals surface area contributed by atoms with E-state index in [1.807, 2.05) is 54.6 Å². The fourth-order valence-electron chi connectivity index (χ4n) is 2.81. The second-order valence-electron chi connectivity index (χ2n) is 6.10. The summed E-state index contributed by atoms with van der Waals surface area (Å²) in [6.45, 7) is 2.99. The molecule has 0 aliphatic carbocycles. The van der Waals surface area contributed by atoms with Crippen LogP contribution >= 0.6 is 0 Å². The zero-order chi connectivity index (χ0) is 19.1. The van der Waals surface area contributed by atoms with E-state index in [4.69, 9.17) is 9.47 Å². The molecule has 3 N–H and O–H groups in total. The molecule has 1 aliphatic rings. The quantitative estimate of drug-likeness (QED) is 0.725. The number of rotatable bonds is 6. The maximum Gasteiger partial charge on any atom is 0.321 e. The number of carbonyl (C=O) groups is 2. The van der Waals surface area contributed by atoms with Gasteiger partial charge in [0, 0.05) is 13.1 Å². The van der Waals surface area contributed by atoms with Crippen LogP contribution < -0.4 is 25.4 Å². The third-order valence-corrected chi connectivity index (χ3v) is 4.09. The third-order valence-electron chi connectivity index (χ3n) is 4.09. The fraction of sp³-hybridized carbons (Fsp3) is 0.300. The van der Waals surface area contributed by atoms with Gasteiger partial charge in [-0.25, -0.2) is 4.79 Å². The molecule has 2 aromatic rings. The summed E-state index contributed by atoms with van der Waals surface area (Å²) in [6.07, 6.45) is -0.247. The molecule has 27 heavy (non-hydrogen) atoms. The van der Waals surface area contributed by atoms with Gasteiger partial charge in [0.25, 0.3) is 0 Å². The van der Waals surface area contributed by atoms with Crippen LogP contribution in [-0.2, 0) is 4.79 Å². The lowest BCUT2D eigenvalue weighted by Gasteiger charge is -2.28. The summed E-state index contributed by atoms with van der Waals surface area (Å²) < 4.78 is 11.6. The van der Waals surface area contributed by atoms with Crippen LogP contribution in [0.1, 0.15) is 18.5 Å². The van der Waals surface area contributed by atoms with Gasteiger partial charge in [-0.2, -0.15) is 0 Å². The van der Waals surface area contributed by atoms with Gasteiger partial charge >= 0.3 is 6.03 Å². The number of hydrogen-bond donors (Lipinski definition) is 3. The van der Waals surface area contributed by atoms with Gasteiger partial charge in [-0.1, -0.05) is 42.5 Å². The van der Waals surface area contributed by atoms with Gasteiger partial charge < -0.3 is 14.8 Å². The lowest BCUT2D eigenvalue weighted by Crippen LogP contribution is -2.47. The van der Waals surface area contributed by atoms with E-state index in [1.54, 1.807) is 6.92 Å². The number of benzene rings is 2. The van der Waals surface area contributed by atoms with E-state index in [1.165, 1.54) is 0 Å². The molecule has 0 aromatic heterocycles. The van der Waals surface area contributed by atoms with E-state index in [-0.39, 0.29) is 6.10 Å². The highest BCUT2D eigenvalue weighted by molar-refractivity contribution is 5.97. The molecule has 0 saturated carbocycles. The largest absolute Gasteiger partial charge is 0.486 e. The van der Waals surface area contributed by atoms with Gasteiger partial charge in [0.15, 0.2) is 11.5 Å². The van der Waals surface area contributed by atoms with Crippen molar-refractivity contribution in [2.24, 2.45) is 0 Å². The Labute approximate surface area is 158 Å². The summed E-state index contributed by atoms with van der Waals surface area (Å²) in [5, 5.41) is 8.10. The Balaban J connectivity index is 1.65. The fourth-order valence-corrected chi connectivity index (χ4v) is 2.81. The van der Waals surface area contributed by atoms with Crippen molar-refractivity contribution >= 4 is 11.9 Å². The minimum atomic E-state index is -0.686. The first-order valence-corrected chi connectivity index (χ1v) is 8.93. The molecule has 142 valence electrons. The van der Waals surface area contributed by atoms with Gasteiger partial charge in [0.1, 0.15) is 18.8 Å². The van der Waals surface area contributed by atoms with Crippen molar-refractivity contribution < 1.29 is 19.1 Å². The molecule has 0 bridgehead atoms. The summed E-state index contributed by atoms with van der Waals surface area (Å²) in [6, 6.07) is 15.5. The summed E-state index contributed by atoms with van der Waals surface area (Å²) in [7, 11) is 0. The van der Waals surface area contributed by atoms with Gasteiger partial charge in [-0.3, -0.25) is 15.4 Å². The smallest absolute Gasteiger partial charge is 0.321 e. The number of para-hydroxylation sites is 2. The van der Waals surface area contributed by atoms with Crippen molar-refractivity contribution in [3.8, 4) is 11.5 Å². The first-order chi connectivity index (χ1) is 13.2. The Morgan fingerprint density at radius 1 is 1.07 bits per heavy atom. The van der Waals surface area contributed by atoms with E-state index in [0.717, 1.165) is 5.56 Å². The normalized spacial score (nSPS) is 16.3. The van der Waals surface area contributed by atoms with E-state index in [2.05, 4.69) is 16.0 Å². The SMILES string of the molecule is CCNC(=O)NC(=O)[C@H](NC[C@@H]1COc2ccccc2O1)c1ccccc1. The zero-order valence-electron chi connectivity index (χ0n) is 15.1. The molecule has 0 unspecified atom stereocenters. The molecule has 2 aromatic carbocycles. The molecule has 7 nitrogen and oxygen atoms in total. The van der Waals surface area contributed by atoms with Crippen LogP contribution in [0, 0.1) is 0 Å². The number of nitrogens with one attached hydrogen (secondary N) is 3. The van der Waals surface area contributed by atoms with Crippen molar-refractivity contribution in [1.82, 2.24) is 16.0 Å². The molecule has 7 heteroatoms. The average Bonchev–Trinajstić information content (AvgIpc) is 2.69. The first-order valence-electron chi connectivity index (χ1n) is 8.93. The molecule has 0 spiro atoms. The Morgan fingerprint density at radius 3 is 2.52 bits per heavy atom. The molecule has 2 atom stereocenters. The Morgan fingerprint density at radius 2 is 1.78 bits per heavy atom. The van der Waals surface area contributed by atoms with E-state index < -0.39 is 18.0 Å². The molecular formula is C20H23N3O4. The molecule has 0 fully saturated rings. The van der Waals surface area contributed by atoms with E-state index in [9.17, 15) is 9.59 Å². The monoisotopic (exact) mass is 369 g/mol. The lowest BCUT2D eigenvalue weighted by molar-refractivity contribution is -0.122. The van der Waals surface area contributed by atoms with Crippen molar-refractivity contribution in [2.45, 2.75) is 19.1 Å². The first kappa shape index (κ1) is 18.7. The second kappa shape index (κ2) is 9.05. The Bertz CT molecular complexity index is 782. The number of fused-ring (bicyclic) bond motifs is 1. The molecule has 1 aliphatic heterocycles. The summed E-state index contributed by atoms with van der Waals surface area (Å²) in [5.41, 5.74) is 0.761. The average molecular weight is 369 g/mol. The third kappa shape index (κ3) is 4.98. The van der Waals surface area contributed by atoms with Crippen molar-refractivity contribution in [2.75, 3.05) is 19.7 Å². The number of urea groups is 1. The molecule has 0 radical (unpaired) electrons. The minimum Gasteiger partial charge on any atom is -0.486 e. The predicted molar refractivity (Wildman–Crippen MR) is 101 cm³/mol. The van der Waals surface area contributed by atoms with Crippen molar-refractivity contribution in [3.05, 3.63) is 60.2 Å². The summed E-state index contributed by atoms with van der Waals surface area (Å²) >= 11 is 0. The Hall–Kier alpha value is -3.06. The second-order valence-corrected chi connectivity index (χ2v) is 6.10. The topological polar surface area (TPSA) is 88.7 Å². The standard InChI is InChI=1S/C20H23N3O4/c1-2-21-20(25)23-19(24)18(14-8-4-3-5-9-14)22-12-15-13-26-16-10-6-7-11-17(16)27-15/h3-11,15,18,22H,2,12-13H2,1H3,(H2,21,23,24,25)/t15-,18-/m1/s1. The van der Waals surface area contributed by atoms with Gasteiger partial charge in [-0.05, 0) is 24.6 Å². The number of imide groups is 1. The summed E-state index contributed by atoms with van der Waals surface area (Å²) in [5.74, 6) is 0.963. The van der Waals surface area contributed by atoms with Gasteiger partial charge in [-0.15, -0.1) is 0 Å². The molecular weight excluding hydrogens is 346 g/mol. The summed E-state index contributed by atoms with van der Waals surface area (Å²) in [4.78, 5) is 24.3. The van der Waals surface area contributed by atoms with Crippen LogP contribution in [0.3, 0.4) is 0 Å². The van der Waals surface area contributed by atoms with Gasteiger partial charge in [0.2, 0.25) is 5.91 Å².